The first-order valence-corrected chi connectivity index (χ1v) is 12.6. The summed E-state index contributed by atoms with van der Waals surface area (Å²) >= 11 is 6.47. The Kier molecular flexibility index (Phi) is 13.0. The van der Waals surface area contributed by atoms with Crippen molar-refractivity contribution in [3.8, 4) is 11.5 Å². The second kappa shape index (κ2) is 16.7. The van der Waals surface area contributed by atoms with E-state index in [0.29, 0.717) is 26.4 Å². The Morgan fingerprint density at radius 2 is 1.31 bits per heavy atom. The van der Waals surface area contributed by atoms with E-state index in [1.54, 1.807) is 14.2 Å². The molecule has 0 spiro atoms. The van der Waals surface area contributed by atoms with Crippen molar-refractivity contribution in [3.63, 3.8) is 0 Å². The minimum absolute atomic E-state index is 0.101. The third-order valence-electron chi connectivity index (χ3n) is 5.46. The molecule has 3 rings (SSSR count). The summed E-state index contributed by atoms with van der Waals surface area (Å²) < 4.78 is 37.8. The van der Waals surface area contributed by atoms with Crippen molar-refractivity contribution in [2.75, 3.05) is 54.2 Å². The number of methoxy groups -OCH3 is 2. The molecule has 0 fully saturated rings. The highest BCUT2D eigenvalue weighted by Crippen LogP contribution is 2.39. The molecule has 10 heteroatoms. The summed E-state index contributed by atoms with van der Waals surface area (Å²) in [5.74, 6) is -0.539. The normalized spacial score (nSPS) is 11.8. The molecule has 0 amide bonds. The van der Waals surface area contributed by atoms with Crippen molar-refractivity contribution in [2.45, 2.75) is 12.2 Å². The fourth-order valence-electron chi connectivity index (χ4n) is 3.50. The molecule has 1 unspecified atom stereocenters. The third kappa shape index (κ3) is 9.50. The molecule has 0 radical (unpaired) electrons. The van der Waals surface area contributed by atoms with Gasteiger partial charge in [0.1, 0.15) is 0 Å². The van der Waals surface area contributed by atoms with Gasteiger partial charge in [-0.1, -0.05) is 72.3 Å². The number of rotatable bonds is 17. The van der Waals surface area contributed by atoms with Crippen LogP contribution in [0.4, 0.5) is 0 Å². The van der Waals surface area contributed by atoms with Crippen LogP contribution in [0.15, 0.2) is 72.8 Å². The molecular weight excluding hydrogens is 528 g/mol. The molecule has 9 nitrogen and oxygen atoms in total. The number of aliphatic hydroxyl groups excluding tert-OH is 1. The third-order valence-corrected chi connectivity index (χ3v) is 5.74. The molecule has 0 aromatic heterocycles. The molecule has 0 saturated carbocycles. The van der Waals surface area contributed by atoms with Crippen molar-refractivity contribution >= 4 is 17.6 Å². The predicted octanol–water partition coefficient (Wildman–Crippen LogP) is 4.70. The van der Waals surface area contributed by atoms with Gasteiger partial charge in [0.2, 0.25) is 0 Å². The van der Waals surface area contributed by atoms with Crippen LogP contribution in [0, 0.1) is 0 Å². The SMILES string of the molecule is COCCOCOc1cc(C(O)C(=O)OC(c2ccccc2)c2ccccc2)cc(Cl)c1OCOCCOC. The lowest BCUT2D eigenvalue weighted by Crippen LogP contribution is -2.20. The van der Waals surface area contributed by atoms with Gasteiger partial charge in [0.05, 0.1) is 31.5 Å². The van der Waals surface area contributed by atoms with Gasteiger partial charge in [0.15, 0.2) is 37.3 Å². The molecule has 210 valence electrons. The van der Waals surface area contributed by atoms with E-state index < -0.39 is 18.2 Å². The van der Waals surface area contributed by atoms with Gasteiger partial charge in [0, 0.05) is 14.2 Å². The molecule has 1 N–H and O–H groups in total. The van der Waals surface area contributed by atoms with Crippen LogP contribution in [0.3, 0.4) is 0 Å². The molecule has 3 aromatic carbocycles. The fourth-order valence-corrected chi connectivity index (χ4v) is 3.78. The summed E-state index contributed by atoms with van der Waals surface area (Å²) in [6.07, 6.45) is -2.37. The van der Waals surface area contributed by atoms with E-state index in [9.17, 15) is 9.90 Å². The lowest BCUT2D eigenvalue weighted by Gasteiger charge is -2.22. The number of hydrogen-bond acceptors (Lipinski definition) is 9. The van der Waals surface area contributed by atoms with Crippen LogP contribution >= 0.6 is 11.6 Å². The fraction of sp³-hybridized carbons (Fsp3) is 0.345. The summed E-state index contributed by atoms with van der Waals surface area (Å²) in [7, 11) is 3.12. The molecule has 0 aliphatic carbocycles. The van der Waals surface area contributed by atoms with E-state index in [2.05, 4.69) is 0 Å². The monoisotopic (exact) mass is 560 g/mol. The standard InChI is InChI=1S/C29H33ClO9/c1-33-13-15-35-19-37-25-18-23(17-24(30)28(25)38-20-36-16-14-34-2)26(31)29(32)39-27(21-9-5-3-6-10-21)22-11-7-4-8-12-22/h3-12,17-18,26-27,31H,13-16,19-20H2,1-2H3. The van der Waals surface area contributed by atoms with Gasteiger partial charge >= 0.3 is 5.97 Å². The highest BCUT2D eigenvalue weighted by molar-refractivity contribution is 6.32. The maximum atomic E-state index is 13.2. The molecule has 39 heavy (non-hydrogen) atoms. The Bertz CT molecular complexity index is 1090. The maximum absolute atomic E-state index is 13.2. The van der Waals surface area contributed by atoms with Crippen molar-refractivity contribution in [1.29, 1.82) is 0 Å². The number of benzene rings is 3. The van der Waals surface area contributed by atoms with Gasteiger partial charge in [0.25, 0.3) is 0 Å². The molecular formula is C29H33ClO9. The quantitative estimate of drug-likeness (QED) is 0.143. The summed E-state index contributed by atoms with van der Waals surface area (Å²) in [6.45, 7) is 1.13. The molecule has 0 aliphatic heterocycles. The summed E-state index contributed by atoms with van der Waals surface area (Å²) in [4.78, 5) is 13.2. The summed E-state index contributed by atoms with van der Waals surface area (Å²) in [5, 5.41) is 11.1. The highest BCUT2D eigenvalue weighted by Gasteiger charge is 2.27. The van der Waals surface area contributed by atoms with E-state index in [1.807, 2.05) is 60.7 Å². The van der Waals surface area contributed by atoms with Crippen LogP contribution in [0.25, 0.3) is 0 Å². The largest absolute Gasteiger partial charge is 0.464 e. The highest BCUT2D eigenvalue weighted by atomic mass is 35.5. The predicted molar refractivity (Wildman–Crippen MR) is 144 cm³/mol. The van der Waals surface area contributed by atoms with Gasteiger partial charge in [-0.15, -0.1) is 0 Å². The van der Waals surface area contributed by atoms with Crippen LogP contribution in [0.5, 0.6) is 11.5 Å². The van der Waals surface area contributed by atoms with Crippen molar-refractivity contribution < 1.29 is 43.1 Å². The lowest BCUT2D eigenvalue weighted by atomic mass is 10.0. The van der Waals surface area contributed by atoms with Crippen molar-refractivity contribution in [1.82, 2.24) is 0 Å². The molecule has 0 saturated heterocycles. The first kappa shape index (κ1) is 30.4. The van der Waals surface area contributed by atoms with Gasteiger partial charge in [-0.05, 0) is 28.8 Å². The Labute approximate surface area is 233 Å². The summed E-state index contributed by atoms with van der Waals surface area (Å²) in [5.41, 5.74) is 1.68. The molecule has 0 bridgehead atoms. The van der Waals surface area contributed by atoms with E-state index >= 15 is 0 Å². The van der Waals surface area contributed by atoms with E-state index in [0.717, 1.165) is 11.1 Å². The van der Waals surface area contributed by atoms with Gasteiger partial charge in [-0.2, -0.15) is 0 Å². The Morgan fingerprint density at radius 3 is 1.85 bits per heavy atom. The molecule has 0 heterocycles. The molecule has 3 aromatic rings. The summed E-state index contributed by atoms with van der Waals surface area (Å²) in [6, 6.07) is 21.4. The zero-order chi connectivity index (χ0) is 27.9. The van der Waals surface area contributed by atoms with Crippen molar-refractivity contribution in [2.24, 2.45) is 0 Å². The second-order valence-corrected chi connectivity index (χ2v) is 8.60. The minimum atomic E-state index is -1.65. The maximum Gasteiger partial charge on any atom is 0.340 e. The molecule has 1 atom stereocenters. The first-order chi connectivity index (χ1) is 19.0. The zero-order valence-electron chi connectivity index (χ0n) is 21.9. The van der Waals surface area contributed by atoms with Gasteiger partial charge in [-0.25, -0.2) is 4.79 Å². The smallest absolute Gasteiger partial charge is 0.340 e. The van der Waals surface area contributed by atoms with Crippen LogP contribution in [-0.2, 0) is 28.5 Å². The Morgan fingerprint density at radius 1 is 0.769 bits per heavy atom. The lowest BCUT2D eigenvalue weighted by molar-refractivity contribution is -0.158. The van der Waals surface area contributed by atoms with Crippen LogP contribution < -0.4 is 9.47 Å². The van der Waals surface area contributed by atoms with E-state index in [-0.39, 0.29) is 35.7 Å². The van der Waals surface area contributed by atoms with Crippen molar-refractivity contribution in [3.05, 3.63) is 94.5 Å². The van der Waals surface area contributed by atoms with E-state index in [4.69, 9.17) is 44.8 Å². The number of carbonyl (C=O) groups excluding carboxylic acids is 1. The van der Waals surface area contributed by atoms with Crippen LogP contribution in [-0.4, -0.2) is 65.3 Å². The number of ether oxygens (including phenoxy) is 7. The number of hydrogen-bond donors (Lipinski definition) is 1. The topological polar surface area (TPSA) is 102 Å². The minimum Gasteiger partial charge on any atom is -0.464 e. The first-order valence-electron chi connectivity index (χ1n) is 12.3. The van der Waals surface area contributed by atoms with Crippen LogP contribution in [0.1, 0.15) is 28.9 Å². The molecule has 0 aliphatic rings. The number of esters is 1. The number of carbonyl (C=O) groups is 1. The Balaban J connectivity index is 1.80. The second-order valence-electron chi connectivity index (χ2n) is 8.20. The Hall–Kier alpha value is -3.18. The number of halogens is 1. The van der Waals surface area contributed by atoms with Gasteiger partial charge < -0.3 is 38.3 Å². The average molecular weight is 561 g/mol. The average Bonchev–Trinajstić information content (AvgIpc) is 2.97. The number of aliphatic hydroxyl groups is 1. The van der Waals surface area contributed by atoms with E-state index in [1.165, 1.54) is 12.1 Å². The van der Waals surface area contributed by atoms with Gasteiger partial charge in [-0.3, -0.25) is 0 Å². The zero-order valence-corrected chi connectivity index (χ0v) is 22.7. The van der Waals surface area contributed by atoms with Crippen LogP contribution in [0.2, 0.25) is 5.02 Å².